The molecule has 2 aromatic rings. The molecule has 3 N–H and O–H groups in total. The maximum atomic E-state index is 6.06. The van der Waals surface area contributed by atoms with Gasteiger partial charge in [0.2, 0.25) is 0 Å². The van der Waals surface area contributed by atoms with E-state index in [0.717, 1.165) is 5.52 Å². The maximum Gasteiger partial charge on any atom is 0.0927 e. The number of hydrogen-bond donors (Lipinski definition) is 2. The number of benzene rings is 1. The lowest BCUT2D eigenvalue weighted by Crippen LogP contribution is -2.06. The number of aromatic nitrogens is 2. The first-order valence-electron chi connectivity index (χ1n) is 6.50. The minimum atomic E-state index is 0.0662. The molecule has 1 fully saturated rings. The van der Waals surface area contributed by atoms with E-state index in [1.54, 1.807) is 0 Å². The molecule has 0 spiro atoms. The molecular weight excluding hydrogens is 210 g/mol. The minimum Gasteiger partial charge on any atom is -0.324 e. The minimum absolute atomic E-state index is 0.0662. The van der Waals surface area contributed by atoms with E-state index >= 15 is 0 Å². The molecule has 1 atom stereocenters. The van der Waals surface area contributed by atoms with Gasteiger partial charge >= 0.3 is 0 Å². The first kappa shape index (κ1) is 10.8. The summed E-state index contributed by atoms with van der Waals surface area (Å²) < 4.78 is 0. The van der Waals surface area contributed by atoms with Crippen molar-refractivity contribution in [3.05, 3.63) is 29.5 Å². The van der Waals surface area contributed by atoms with Crippen molar-refractivity contribution >= 4 is 10.9 Å². The van der Waals surface area contributed by atoms with E-state index in [0.29, 0.717) is 5.92 Å². The summed E-state index contributed by atoms with van der Waals surface area (Å²) in [7, 11) is 0. The van der Waals surface area contributed by atoms with Crippen LogP contribution < -0.4 is 5.73 Å². The molecule has 0 bridgehead atoms. The maximum absolute atomic E-state index is 6.06. The molecule has 1 heterocycles. The molecule has 1 unspecified atom stereocenters. The molecule has 1 aromatic heterocycles. The summed E-state index contributed by atoms with van der Waals surface area (Å²) in [5.74, 6) is 0.653. The van der Waals surface area contributed by atoms with Crippen LogP contribution in [0.3, 0.4) is 0 Å². The van der Waals surface area contributed by atoms with Crippen molar-refractivity contribution < 1.29 is 0 Å². The Labute approximate surface area is 101 Å². The van der Waals surface area contributed by atoms with Crippen LogP contribution in [0.2, 0.25) is 0 Å². The highest BCUT2D eigenvalue weighted by molar-refractivity contribution is 5.85. The van der Waals surface area contributed by atoms with Crippen LogP contribution in [0.25, 0.3) is 10.9 Å². The number of hydrogen-bond acceptors (Lipinski definition) is 2. The Balaban J connectivity index is 2.18. The molecule has 1 saturated carbocycles. The van der Waals surface area contributed by atoms with Gasteiger partial charge in [0.25, 0.3) is 0 Å². The van der Waals surface area contributed by atoms with Crippen LogP contribution in [-0.4, -0.2) is 10.2 Å². The van der Waals surface area contributed by atoms with Crippen LogP contribution in [0.15, 0.2) is 18.2 Å². The number of nitrogens with two attached hydrogens (primary N) is 1. The van der Waals surface area contributed by atoms with Crippen LogP contribution in [0.5, 0.6) is 0 Å². The fourth-order valence-electron chi connectivity index (χ4n) is 3.01. The van der Waals surface area contributed by atoms with Crippen molar-refractivity contribution in [2.45, 2.75) is 44.6 Å². The predicted molar refractivity (Wildman–Crippen MR) is 69.9 cm³/mol. The third-order valence-corrected chi connectivity index (χ3v) is 3.89. The lowest BCUT2D eigenvalue weighted by atomic mass is 9.95. The van der Waals surface area contributed by atoms with Crippen molar-refractivity contribution in [2.24, 2.45) is 5.73 Å². The molecular formula is C14H19N3. The summed E-state index contributed by atoms with van der Waals surface area (Å²) in [6, 6.07) is 6.30. The van der Waals surface area contributed by atoms with Crippen LogP contribution in [-0.2, 0) is 0 Å². The van der Waals surface area contributed by atoms with Crippen molar-refractivity contribution in [2.75, 3.05) is 0 Å². The van der Waals surface area contributed by atoms with E-state index in [1.807, 2.05) is 13.0 Å². The number of aromatic amines is 1. The summed E-state index contributed by atoms with van der Waals surface area (Å²) in [5.41, 5.74) is 9.65. The zero-order valence-electron chi connectivity index (χ0n) is 10.2. The fraction of sp³-hybridized carbons (Fsp3) is 0.500. The second kappa shape index (κ2) is 4.15. The highest BCUT2D eigenvalue weighted by Crippen LogP contribution is 2.38. The van der Waals surface area contributed by atoms with Gasteiger partial charge in [-0.15, -0.1) is 0 Å². The fourth-order valence-corrected chi connectivity index (χ4v) is 3.01. The molecule has 90 valence electrons. The van der Waals surface area contributed by atoms with Gasteiger partial charge in [0.15, 0.2) is 0 Å². The van der Waals surface area contributed by atoms with E-state index in [1.165, 1.54) is 42.3 Å². The molecule has 3 rings (SSSR count). The van der Waals surface area contributed by atoms with E-state index in [4.69, 9.17) is 5.73 Å². The van der Waals surface area contributed by atoms with Crippen LogP contribution in [0, 0.1) is 0 Å². The van der Waals surface area contributed by atoms with Gasteiger partial charge in [0.05, 0.1) is 5.52 Å². The average Bonchev–Trinajstić information content (AvgIpc) is 2.96. The van der Waals surface area contributed by atoms with E-state index in [-0.39, 0.29) is 6.04 Å². The zero-order chi connectivity index (χ0) is 11.8. The highest BCUT2D eigenvalue weighted by Gasteiger charge is 2.23. The van der Waals surface area contributed by atoms with Gasteiger partial charge in [-0.3, -0.25) is 5.10 Å². The number of fused-ring (bicyclic) bond motifs is 1. The molecule has 3 heteroatoms. The van der Waals surface area contributed by atoms with Gasteiger partial charge in [-0.05, 0) is 31.4 Å². The summed E-state index contributed by atoms with van der Waals surface area (Å²) in [6.07, 6.45) is 5.24. The Morgan fingerprint density at radius 3 is 2.82 bits per heavy atom. The number of H-pyrrole nitrogens is 1. The molecule has 3 nitrogen and oxygen atoms in total. The number of nitrogens with one attached hydrogen (secondary N) is 1. The number of rotatable bonds is 2. The number of nitrogens with zero attached hydrogens (tertiary/aromatic N) is 1. The van der Waals surface area contributed by atoms with E-state index in [9.17, 15) is 0 Å². The molecule has 0 saturated heterocycles. The topological polar surface area (TPSA) is 54.7 Å². The summed E-state index contributed by atoms with van der Waals surface area (Å²) in [6.45, 7) is 2.04. The van der Waals surface area contributed by atoms with E-state index < -0.39 is 0 Å². The second-order valence-electron chi connectivity index (χ2n) is 5.15. The second-order valence-corrected chi connectivity index (χ2v) is 5.15. The first-order chi connectivity index (χ1) is 8.27. The lowest BCUT2D eigenvalue weighted by molar-refractivity contribution is 0.696. The highest BCUT2D eigenvalue weighted by atomic mass is 15.1. The predicted octanol–water partition coefficient (Wildman–Crippen LogP) is 3.24. The van der Waals surface area contributed by atoms with Crippen molar-refractivity contribution in [3.63, 3.8) is 0 Å². The van der Waals surface area contributed by atoms with Crippen LogP contribution in [0.1, 0.15) is 55.8 Å². The SMILES string of the molecule is CC(N)c1cccc2n[nH]c(C3CCCC3)c12. The Kier molecular flexibility index (Phi) is 2.63. The Hall–Kier alpha value is -1.35. The summed E-state index contributed by atoms with van der Waals surface area (Å²) in [5, 5.41) is 8.94. The van der Waals surface area contributed by atoms with Crippen LogP contribution in [0.4, 0.5) is 0 Å². The smallest absolute Gasteiger partial charge is 0.0927 e. The molecule has 0 radical (unpaired) electrons. The molecule has 1 aliphatic carbocycles. The first-order valence-corrected chi connectivity index (χ1v) is 6.50. The Bertz CT molecular complexity index is 521. The largest absolute Gasteiger partial charge is 0.324 e. The normalized spacial score (nSPS) is 18.9. The Morgan fingerprint density at radius 1 is 1.35 bits per heavy atom. The lowest BCUT2D eigenvalue weighted by Gasteiger charge is -2.12. The van der Waals surface area contributed by atoms with Gasteiger partial charge in [-0.25, -0.2) is 0 Å². The molecule has 17 heavy (non-hydrogen) atoms. The van der Waals surface area contributed by atoms with Crippen molar-refractivity contribution in [3.8, 4) is 0 Å². The Morgan fingerprint density at radius 2 is 2.12 bits per heavy atom. The van der Waals surface area contributed by atoms with Crippen LogP contribution >= 0.6 is 0 Å². The van der Waals surface area contributed by atoms with Crippen molar-refractivity contribution in [1.82, 2.24) is 10.2 Å². The monoisotopic (exact) mass is 229 g/mol. The summed E-state index contributed by atoms with van der Waals surface area (Å²) >= 11 is 0. The van der Waals surface area contributed by atoms with Crippen molar-refractivity contribution in [1.29, 1.82) is 0 Å². The van der Waals surface area contributed by atoms with Gasteiger partial charge in [0, 0.05) is 23.0 Å². The third-order valence-electron chi connectivity index (χ3n) is 3.89. The third kappa shape index (κ3) is 1.75. The van der Waals surface area contributed by atoms with Gasteiger partial charge in [0.1, 0.15) is 0 Å². The molecule has 0 aliphatic heterocycles. The van der Waals surface area contributed by atoms with Gasteiger partial charge < -0.3 is 5.73 Å². The molecule has 1 aliphatic rings. The molecule has 0 amide bonds. The standard InChI is InChI=1S/C14H19N3/c1-9(15)11-7-4-8-12-13(11)14(17-16-12)10-5-2-3-6-10/h4,7-10H,2-3,5-6,15H2,1H3,(H,16,17). The molecule has 1 aromatic carbocycles. The van der Waals surface area contributed by atoms with E-state index in [2.05, 4.69) is 22.3 Å². The zero-order valence-corrected chi connectivity index (χ0v) is 10.2. The van der Waals surface area contributed by atoms with Gasteiger partial charge in [-0.2, -0.15) is 5.10 Å². The quantitative estimate of drug-likeness (QED) is 0.830. The summed E-state index contributed by atoms with van der Waals surface area (Å²) in [4.78, 5) is 0. The average molecular weight is 229 g/mol. The van der Waals surface area contributed by atoms with Gasteiger partial charge in [-0.1, -0.05) is 25.0 Å².